The molecular formula is C66H117NO3. The lowest BCUT2D eigenvalue weighted by molar-refractivity contribution is -0.123. The van der Waals surface area contributed by atoms with E-state index in [9.17, 15) is 15.0 Å². The molecule has 70 heavy (non-hydrogen) atoms. The van der Waals surface area contributed by atoms with Crippen LogP contribution in [0.15, 0.2) is 97.2 Å². The average Bonchev–Trinajstić information content (AvgIpc) is 3.36. The summed E-state index contributed by atoms with van der Waals surface area (Å²) in [5.74, 6) is -0.0720. The maximum atomic E-state index is 12.5. The van der Waals surface area contributed by atoms with Crippen molar-refractivity contribution >= 4 is 5.91 Å². The quantitative estimate of drug-likeness (QED) is 0.0420. The standard InChI is InChI=1S/C66H117NO3/c1-3-5-7-9-11-13-15-17-19-21-23-24-25-26-27-28-29-30-31-32-33-34-35-36-37-38-39-40-41-42-44-46-48-50-52-54-56-58-60-62-66(70)67-64(63-68)65(69)61-59-57-55-53-51-49-47-45-43-22-20-18-16-14-12-10-8-6-4-2/h5,7,11,13,17,19,23-24,26-27,29-30,51,53,59,61,64-65,68-69H,3-4,6,8-10,12,14-16,18,20-22,25,28,31-50,52,54-58,60,62-63H2,1-2H3,(H,67,70)/b7-5-,13-11-,19-17-,24-23-,27-26-,30-29-,53-51+,61-59+. The number of amides is 1. The van der Waals surface area contributed by atoms with Crippen molar-refractivity contribution in [1.82, 2.24) is 5.32 Å². The average molecular weight is 973 g/mol. The molecule has 0 bridgehead atoms. The van der Waals surface area contributed by atoms with E-state index in [-0.39, 0.29) is 12.5 Å². The van der Waals surface area contributed by atoms with Gasteiger partial charge in [0.1, 0.15) is 0 Å². The summed E-state index contributed by atoms with van der Waals surface area (Å²) >= 11 is 0. The van der Waals surface area contributed by atoms with Gasteiger partial charge in [-0.1, -0.05) is 304 Å². The molecule has 4 heteroatoms. The second-order valence-corrected chi connectivity index (χ2v) is 20.4. The molecule has 0 saturated heterocycles. The Morgan fingerprint density at radius 2 is 0.643 bits per heavy atom. The van der Waals surface area contributed by atoms with E-state index < -0.39 is 12.1 Å². The molecule has 0 heterocycles. The van der Waals surface area contributed by atoms with E-state index in [1.165, 1.54) is 205 Å². The Bertz CT molecular complexity index is 1290. The molecule has 0 saturated carbocycles. The number of hydrogen-bond donors (Lipinski definition) is 3. The van der Waals surface area contributed by atoms with Gasteiger partial charge in [0.15, 0.2) is 0 Å². The van der Waals surface area contributed by atoms with Crippen molar-refractivity contribution in [3.05, 3.63) is 97.2 Å². The Morgan fingerprint density at radius 1 is 0.357 bits per heavy atom. The minimum Gasteiger partial charge on any atom is -0.394 e. The monoisotopic (exact) mass is 972 g/mol. The minimum absolute atomic E-state index is 0.0720. The number of nitrogens with one attached hydrogen (secondary N) is 1. The molecule has 0 aromatic carbocycles. The molecule has 0 fully saturated rings. The van der Waals surface area contributed by atoms with Crippen LogP contribution in [0.5, 0.6) is 0 Å². The third kappa shape index (κ3) is 56.2. The van der Waals surface area contributed by atoms with Gasteiger partial charge in [0.2, 0.25) is 5.91 Å². The van der Waals surface area contributed by atoms with Crippen LogP contribution in [0.4, 0.5) is 0 Å². The molecule has 2 unspecified atom stereocenters. The van der Waals surface area contributed by atoms with Crippen LogP contribution >= 0.6 is 0 Å². The highest BCUT2D eigenvalue weighted by molar-refractivity contribution is 5.76. The first-order valence-electron chi connectivity index (χ1n) is 30.5. The van der Waals surface area contributed by atoms with E-state index in [0.29, 0.717) is 6.42 Å². The summed E-state index contributed by atoms with van der Waals surface area (Å²) in [6.45, 7) is 4.20. The zero-order valence-electron chi connectivity index (χ0n) is 46.5. The molecule has 3 N–H and O–H groups in total. The van der Waals surface area contributed by atoms with Crippen molar-refractivity contribution in [2.75, 3.05) is 6.61 Å². The number of rotatable bonds is 55. The largest absolute Gasteiger partial charge is 0.394 e. The lowest BCUT2D eigenvalue weighted by atomic mass is 10.0. The summed E-state index contributed by atoms with van der Waals surface area (Å²) < 4.78 is 0. The van der Waals surface area contributed by atoms with Gasteiger partial charge in [0, 0.05) is 6.42 Å². The van der Waals surface area contributed by atoms with Crippen LogP contribution in [0.3, 0.4) is 0 Å². The molecule has 0 aromatic rings. The highest BCUT2D eigenvalue weighted by atomic mass is 16.3. The predicted molar refractivity (Wildman–Crippen MR) is 313 cm³/mol. The fraction of sp³-hybridized carbons (Fsp3) is 0.742. The zero-order chi connectivity index (χ0) is 50.6. The van der Waals surface area contributed by atoms with Crippen molar-refractivity contribution in [2.24, 2.45) is 0 Å². The van der Waals surface area contributed by atoms with E-state index in [4.69, 9.17) is 0 Å². The van der Waals surface area contributed by atoms with E-state index in [1.807, 2.05) is 6.08 Å². The third-order valence-electron chi connectivity index (χ3n) is 13.6. The van der Waals surface area contributed by atoms with Gasteiger partial charge in [-0.3, -0.25) is 4.79 Å². The van der Waals surface area contributed by atoms with E-state index >= 15 is 0 Å². The molecule has 1 amide bonds. The van der Waals surface area contributed by atoms with Crippen molar-refractivity contribution in [2.45, 2.75) is 309 Å². The van der Waals surface area contributed by atoms with Crippen LogP contribution in [0.1, 0.15) is 296 Å². The first-order valence-corrected chi connectivity index (χ1v) is 30.5. The summed E-state index contributed by atoms with van der Waals surface area (Å²) in [4.78, 5) is 12.5. The molecular weight excluding hydrogens is 855 g/mol. The van der Waals surface area contributed by atoms with E-state index in [1.54, 1.807) is 6.08 Å². The number of unbranched alkanes of at least 4 members (excludes halogenated alkanes) is 34. The number of aliphatic hydroxyl groups is 2. The second kappa shape index (κ2) is 60.6. The molecule has 0 spiro atoms. The molecule has 0 aliphatic rings. The number of hydrogen-bond acceptors (Lipinski definition) is 3. The Hall–Kier alpha value is -2.69. The van der Waals surface area contributed by atoms with Crippen LogP contribution in [-0.2, 0) is 4.79 Å². The third-order valence-corrected chi connectivity index (χ3v) is 13.6. The van der Waals surface area contributed by atoms with E-state index in [2.05, 4.69) is 104 Å². The summed E-state index contributed by atoms with van der Waals surface area (Å²) in [7, 11) is 0. The van der Waals surface area contributed by atoms with Gasteiger partial charge >= 0.3 is 0 Å². The van der Waals surface area contributed by atoms with Crippen LogP contribution in [0.2, 0.25) is 0 Å². The molecule has 0 aliphatic carbocycles. The fourth-order valence-corrected chi connectivity index (χ4v) is 8.97. The Balaban J connectivity index is 3.49. The summed E-state index contributed by atoms with van der Waals surface area (Å²) in [6, 6.07) is -0.642. The summed E-state index contributed by atoms with van der Waals surface area (Å²) in [5.41, 5.74) is 0. The lowest BCUT2D eigenvalue weighted by Crippen LogP contribution is -2.45. The second-order valence-electron chi connectivity index (χ2n) is 20.4. The zero-order valence-corrected chi connectivity index (χ0v) is 46.5. The maximum Gasteiger partial charge on any atom is 0.220 e. The van der Waals surface area contributed by atoms with Crippen LogP contribution in [0, 0.1) is 0 Å². The maximum absolute atomic E-state index is 12.5. The molecule has 0 aromatic heterocycles. The highest BCUT2D eigenvalue weighted by Crippen LogP contribution is 2.17. The number of allylic oxidation sites excluding steroid dienone is 15. The molecule has 2 atom stereocenters. The van der Waals surface area contributed by atoms with Crippen LogP contribution in [-0.4, -0.2) is 34.9 Å². The van der Waals surface area contributed by atoms with Gasteiger partial charge in [-0.2, -0.15) is 0 Å². The lowest BCUT2D eigenvalue weighted by Gasteiger charge is -2.19. The molecule has 4 nitrogen and oxygen atoms in total. The fourth-order valence-electron chi connectivity index (χ4n) is 8.97. The SMILES string of the molecule is CC/C=C\C/C=C\C/C=C\C/C=C\C/C=C\C/C=C\CCCCCCCCCCCCCCCCCCCCCCC(=O)NC(CO)C(O)/C=C/CC/C=C/CCCCCCCCCCCCCCC. The van der Waals surface area contributed by atoms with Gasteiger partial charge in [-0.05, 0) is 83.5 Å². The number of carbonyl (C=O) groups excluding carboxylic acids is 1. The Labute approximate surface area is 436 Å². The van der Waals surface area contributed by atoms with Gasteiger partial charge < -0.3 is 15.5 Å². The summed E-state index contributed by atoms with van der Waals surface area (Å²) in [5, 5.41) is 23.2. The highest BCUT2D eigenvalue weighted by Gasteiger charge is 2.18. The number of aliphatic hydroxyl groups excluding tert-OH is 2. The first-order chi connectivity index (χ1) is 34.7. The Morgan fingerprint density at radius 3 is 1.00 bits per heavy atom. The van der Waals surface area contributed by atoms with Gasteiger partial charge in [0.25, 0.3) is 0 Å². The molecule has 0 aliphatic heterocycles. The number of carbonyl (C=O) groups is 1. The minimum atomic E-state index is -0.865. The van der Waals surface area contributed by atoms with Gasteiger partial charge in [0.05, 0.1) is 18.8 Å². The van der Waals surface area contributed by atoms with E-state index in [0.717, 1.165) is 70.6 Å². The topological polar surface area (TPSA) is 69.6 Å². The molecule has 404 valence electrons. The molecule has 0 rings (SSSR count). The van der Waals surface area contributed by atoms with Gasteiger partial charge in [-0.15, -0.1) is 0 Å². The van der Waals surface area contributed by atoms with Crippen molar-refractivity contribution < 1.29 is 15.0 Å². The normalized spacial score (nSPS) is 13.5. The van der Waals surface area contributed by atoms with Crippen LogP contribution in [0.25, 0.3) is 0 Å². The van der Waals surface area contributed by atoms with Crippen molar-refractivity contribution in [1.29, 1.82) is 0 Å². The Kier molecular flexibility index (Phi) is 58.3. The first kappa shape index (κ1) is 67.3. The van der Waals surface area contributed by atoms with Crippen molar-refractivity contribution in [3.8, 4) is 0 Å². The van der Waals surface area contributed by atoms with Crippen LogP contribution < -0.4 is 5.32 Å². The smallest absolute Gasteiger partial charge is 0.220 e. The summed E-state index contributed by atoms with van der Waals surface area (Å²) in [6.07, 6.45) is 90.2. The molecule has 0 radical (unpaired) electrons. The van der Waals surface area contributed by atoms with Crippen molar-refractivity contribution in [3.63, 3.8) is 0 Å². The van der Waals surface area contributed by atoms with Gasteiger partial charge in [-0.25, -0.2) is 0 Å². The predicted octanol–water partition coefficient (Wildman–Crippen LogP) is 20.5.